The Balaban J connectivity index is 1.83. The van der Waals surface area contributed by atoms with E-state index >= 15 is 0 Å². The first kappa shape index (κ1) is 13.1. The third-order valence-electron chi connectivity index (χ3n) is 3.42. The average Bonchev–Trinajstić information content (AvgIpc) is 2.87. The van der Waals surface area contributed by atoms with Crippen LogP contribution in [0.5, 0.6) is 0 Å². The Kier molecular flexibility index (Phi) is 3.86. The van der Waals surface area contributed by atoms with Gasteiger partial charge < -0.3 is 9.64 Å². The fourth-order valence-corrected chi connectivity index (χ4v) is 3.50. The quantitative estimate of drug-likeness (QED) is 0.814. The number of rotatable bonds is 3. The molecule has 0 spiro atoms. The lowest BCUT2D eigenvalue weighted by molar-refractivity contribution is 0.0459. The average molecular weight is 298 g/mol. The Labute approximate surface area is 121 Å². The van der Waals surface area contributed by atoms with Crippen LogP contribution in [0.3, 0.4) is 0 Å². The molecule has 4 nitrogen and oxygen atoms in total. The van der Waals surface area contributed by atoms with Gasteiger partial charge in [0.15, 0.2) is 0 Å². The summed E-state index contributed by atoms with van der Waals surface area (Å²) in [5.74, 6) is 0.964. The second kappa shape index (κ2) is 5.61. The SMILES string of the molecule is CCOC1CCN(c2nc(Cl)nc3sccc23)CC1. The van der Waals surface area contributed by atoms with Crippen molar-refractivity contribution < 1.29 is 4.74 Å². The van der Waals surface area contributed by atoms with E-state index in [2.05, 4.69) is 20.9 Å². The van der Waals surface area contributed by atoms with E-state index < -0.39 is 0 Å². The molecular formula is C13H16ClN3OS. The lowest BCUT2D eigenvalue weighted by Gasteiger charge is -2.32. The number of fused-ring (bicyclic) bond motifs is 1. The largest absolute Gasteiger partial charge is 0.378 e. The predicted molar refractivity (Wildman–Crippen MR) is 79.3 cm³/mol. The van der Waals surface area contributed by atoms with E-state index in [-0.39, 0.29) is 0 Å². The molecule has 0 saturated carbocycles. The van der Waals surface area contributed by atoms with Crippen LogP contribution in [0.25, 0.3) is 10.2 Å². The van der Waals surface area contributed by atoms with Gasteiger partial charge in [0, 0.05) is 19.7 Å². The van der Waals surface area contributed by atoms with Crippen molar-refractivity contribution >= 4 is 39.0 Å². The molecular weight excluding hydrogens is 282 g/mol. The minimum Gasteiger partial charge on any atom is -0.378 e. The molecule has 0 unspecified atom stereocenters. The molecule has 1 fully saturated rings. The number of ether oxygens (including phenoxy) is 1. The molecule has 1 aliphatic rings. The number of hydrogen-bond acceptors (Lipinski definition) is 5. The van der Waals surface area contributed by atoms with Crippen molar-refractivity contribution in [3.63, 3.8) is 0 Å². The van der Waals surface area contributed by atoms with Crippen LogP contribution in [-0.4, -0.2) is 35.8 Å². The van der Waals surface area contributed by atoms with Crippen molar-refractivity contribution in [2.24, 2.45) is 0 Å². The smallest absolute Gasteiger partial charge is 0.225 e. The van der Waals surface area contributed by atoms with Crippen LogP contribution in [-0.2, 0) is 4.74 Å². The van der Waals surface area contributed by atoms with E-state index in [0.717, 1.165) is 48.6 Å². The Morgan fingerprint density at radius 3 is 2.95 bits per heavy atom. The monoisotopic (exact) mass is 297 g/mol. The molecule has 3 heterocycles. The van der Waals surface area contributed by atoms with Crippen LogP contribution in [0.2, 0.25) is 5.28 Å². The third-order valence-corrected chi connectivity index (χ3v) is 4.40. The van der Waals surface area contributed by atoms with Gasteiger partial charge in [0.25, 0.3) is 0 Å². The summed E-state index contributed by atoms with van der Waals surface area (Å²) < 4.78 is 5.68. The van der Waals surface area contributed by atoms with Gasteiger partial charge >= 0.3 is 0 Å². The highest BCUT2D eigenvalue weighted by Gasteiger charge is 2.22. The van der Waals surface area contributed by atoms with Gasteiger partial charge in [-0.2, -0.15) is 4.98 Å². The molecule has 3 rings (SSSR count). The molecule has 102 valence electrons. The van der Waals surface area contributed by atoms with Crippen molar-refractivity contribution in [1.29, 1.82) is 0 Å². The molecule has 0 amide bonds. The second-order valence-electron chi connectivity index (χ2n) is 4.60. The lowest BCUT2D eigenvalue weighted by atomic mass is 10.1. The van der Waals surface area contributed by atoms with Crippen LogP contribution < -0.4 is 4.90 Å². The van der Waals surface area contributed by atoms with E-state index in [1.54, 1.807) is 11.3 Å². The fraction of sp³-hybridized carbons (Fsp3) is 0.538. The summed E-state index contributed by atoms with van der Waals surface area (Å²) >= 11 is 7.61. The Bertz CT molecular complexity index is 566. The standard InChI is InChI=1S/C13H16ClN3OS/c1-2-18-9-3-6-17(7-4-9)11-10-5-8-19-12(10)16-13(14)15-11/h5,8-9H,2-4,6-7H2,1H3. The highest BCUT2D eigenvalue weighted by molar-refractivity contribution is 7.16. The molecule has 1 aliphatic heterocycles. The number of hydrogen-bond donors (Lipinski definition) is 0. The maximum atomic E-state index is 6.01. The van der Waals surface area contributed by atoms with Gasteiger partial charge in [0.2, 0.25) is 5.28 Å². The normalized spacial score (nSPS) is 17.3. The van der Waals surface area contributed by atoms with Crippen LogP contribution >= 0.6 is 22.9 Å². The molecule has 19 heavy (non-hydrogen) atoms. The van der Waals surface area contributed by atoms with Crippen molar-refractivity contribution in [2.75, 3.05) is 24.6 Å². The maximum absolute atomic E-state index is 6.01. The van der Waals surface area contributed by atoms with Gasteiger partial charge in [0.1, 0.15) is 10.6 Å². The highest BCUT2D eigenvalue weighted by atomic mass is 35.5. The first-order valence-electron chi connectivity index (χ1n) is 6.55. The summed E-state index contributed by atoms with van der Waals surface area (Å²) in [5.41, 5.74) is 0. The van der Waals surface area contributed by atoms with E-state index in [0.29, 0.717) is 11.4 Å². The van der Waals surface area contributed by atoms with Crippen molar-refractivity contribution in [2.45, 2.75) is 25.9 Å². The molecule has 0 bridgehead atoms. The first-order chi connectivity index (χ1) is 9.28. The molecule has 0 atom stereocenters. The Morgan fingerprint density at radius 1 is 1.42 bits per heavy atom. The first-order valence-corrected chi connectivity index (χ1v) is 7.81. The topological polar surface area (TPSA) is 38.2 Å². The van der Waals surface area contributed by atoms with Gasteiger partial charge in [-0.3, -0.25) is 0 Å². The van der Waals surface area contributed by atoms with Crippen LogP contribution in [0.1, 0.15) is 19.8 Å². The van der Waals surface area contributed by atoms with Crippen LogP contribution in [0.15, 0.2) is 11.4 Å². The zero-order valence-corrected chi connectivity index (χ0v) is 12.4. The molecule has 0 aromatic carbocycles. The zero-order valence-electron chi connectivity index (χ0n) is 10.8. The zero-order chi connectivity index (χ0) is 13.2. The van der Waals surface area contributed by atoms with Crippen LogP contribution in [0.4, 0.5) is 5.82 Å². The van der Waals surface area contributed by atoms with E-state index in [9.17, 15) is 0 Å². The summed E-state index contributed by atoms with van der Waals surface area (Å²) in [5, 5.41) is 3.47. The van der Waals surface area contributed by atoms with E-state index in [4.69, 9.17) is 16.3 Å². The van der Waals surface area contributed by atoms with Gasteiger partial charge in [-0.15, -0.1) is 11.3 Å². The minimum atomic E-state index is 0.330. The summed E-state index contributed by atoms with van der Waals surface area (Å²) in [6.45, 7) is 4.76. The number of piperidine rings is 1. The third kappa shape index (κ3) is 2.68. The minimum absolute atomic E-state index is 0.330. The van der Waals surface area contributed by atoms with Crippen molar-refractivity contribution in [1.82, 2.24) is 9.97 Å². The molecule has 0 N–H and O–H groups in total. The lowest BCUT2D eigenvalue weighted by Crippen LogP contribution is -2.37. The van der Waals surface area contributed by atoms with Gasteiger partial charge in [-0.1, -0.05) is 0 Å². The number of aromatic nitrogens is 2. The molecule has 2 aromatic heterocycles. The van der Waals surface area contributed by atoms with E-state index in [1.165, 1.54) is 0 Å². The van der Waals surface area contributed by atoms with Gasteiger partial charge in [-0.25, -0.2) is 4.98 Å². The molecule has 0 aliphatic carbocycles. The number of anilines is 1. The van der Waals surface area contributed by atoms with Crippen LogP contribution in [0, 0.1) is 0 Å². The Hall–Kier alpha value is -0.910. The number of halogens is 1. The molecule has 6 heteroatoms. The molecule has 2 aromatic rings. The van der Waals surface area contributed by atoms with Gasteiger partial charge in [0.05, 0.1) is 11.5 Å². The number of nitrogens with zero attached hydrogens (tertiary/aromatic N) is 3. The van der Waals surface area contributed by atoms with E-state index in [1.807, 2.05) is 12.3 Å². The fourth-order valence-electron chi connectivity index (χ4n) is 2.53. The number of thiophene rings is 1. The second-order valence-corrected chi connectivity index (χ2v) is 5.83. The maximum Gasteiger partial charge on any atom is 0.225 e. The summed E-state index contributed by atoms with van der Waals surface area (Å²) in [4.78, 5) is 11.9. The summed E-state index contributed by atoms with van der Waals surface area (Å²) in [6.07, 6.45) is 2.47. The molecule has 0 radical (unpaired) electrons. The highest BCUT2D eigenvalue weighted by Crippen LogP contribution is 2.30. The Morgan fingerprint density at radius 2 is 2.21 bits per heavy atom. The van der Waals surface area contributed by atoms with Crippen molar-refractivity contribution in [3.8, 4) is 0 Å². The summed E-state index contributed by atoms with van der Waals surface area (Å²) in [7, 11) is 0. The van der Waals surface area contributed by atoms with Crippen molar-refractivity contribution in [3.05, 3.63) is 16.7 Å². The summed E-state index contributed by atoms with van der Waals surface area (Å²) in [6, 6.07) is 2.07. The predicted octanol–water partition coefficient (Wildman–Crippen LogP) is 3.35. The molecule has 1 saturated heterocycles. The van der Waals surface area contributed by atoms with Gasteiger partial charge in [-0.05, 0) is 42.8 Å².